The summed E-state index contributed by atoms with van der Waals surface area (Å²) in [7, 11) is 0. The molecule has 0 saturated heterocycles. The van der Waals surface area contributed by atoms with Crippen LogP contribution in [-0.4, -0.2) is 102 Å². The van der Waals surface area contributed by atoms with Crippen molar-refractivity contribution in [3.63, 3.8) is 0 Å². The van der Waals surface area contributed by atoms with Crippen molar-refractivity contribution in [2.75, 3.05) is 19.8 Å². The van der Waals surface area contributed by atoms with E-state index in [1.807, 2.05) is 20.8 Å². The average molecular weight is 1130 g/mol. The van der Waals surface area contributed by atoms with Crippen LogP contribution in [0.3, 0.4) is 0 Å². The van der Waals surface area contributed by atoms with Crippen molar-refractivity contribution in [3.8, 4) is 0 Å². The van der Waals surface area contributed by atoms with Gasteiger partial charge in [0.2, 0.25) is 10.6 Å². The maximum atomic E-state index is 12.1. The predicted octanol–water partition coefficient (Wildman–Crippen LogP) is 8.84. The molecule has 21 nitrogen and oxygen atoms in total. The van der Waals surface area contributed by atoms with Crippen molar-refractivity contribution in [2.45, 2.75) is 80.0 Å². The van der Waals surface area contributed by atoms with Gasteiger partial charge in [-0.2, -0.15) is 0 Å². The first-order valence-electron chi connectivity index (χ1n) is 21.6. The molecule has 6 aromatic heterocycles. The van der Waals surface area contributed by atoms with Crippen LogP contribution in [0.1, 0.15) is 103 Å². The van der Waals surface area contributed by atoms with Crippen molar-refractivity contribution in [1.29, 1.82) is 0 Å². The maximum Gasteiger partial charge on any atom is 0.302 e. The Labute approximate surface area is 445 Å². The van der Waals surface area contributed by atoms with Crippen LogP contribution < -0.4 is 0 Å². The number of carbonyl (C=O) groups excluding carboxylic acids is 3. The number of ether oxygens (including phenoxy) is 5. The molecule has 0 aliphatic heterocycles. The number of halogens is 5. The van der Waals surface area contributed by atoms with Gasteiger partial charge in [-0.05, 0) is 49.5 Å². The highest BCUT2D eigenvalue weighted by Gasteiger charge is 2.06. The number of hydrogen-bond donors (Lipinski definition) is 1. The van der Waals surface area contributed by atoms with Gasteiger partial charge in [0.25, 0.3) is 0 Å². The van der Waals surface area contributed by atoms with Crippen molar-refractivity contribution in [1.82, 2.24) is 59.8 Å². The quantitative estimate of drug-likeness (QED) is 0.0276. The van der Waals surface area contributed by atoms with Crippen LogP contribution in [0.2, 0.25) is 10.6 Å². The monoisotopic (exact) mass is 1130 g/mol. The van der Waals surface area contributed by atoms with E-state index in [-0.39, 0.29) is 48.7 Å². The molecule has 0 aliphatic rings. The van der Waals surface area contributed by atoms with Crippen LogP contribution in [-0.2, 0) is 71.8 Å². The van der Waals surface area contributed by atoms with E-state index in [9.17, 15) is 23.2 Å². The lowest BCUT2D eigenvalue weighted by molar-refractivity contribution is -0.143. The molecule has 0 spiro atoms. The molecular formula is C48H55BrCl2F2N12O9. The van der Waals surface area contributed by atoms with Gasteiger partial charge in [-0.15, -0.1) is 0 Å². The molecule has 0 fully saturated rings. The summed E-state index contributed by atoms with van der Waals surface area (Å²) in [6.45, 7) is 21.4. The van der Waals surface area contributed by atoms with Crippen LogP contribution in [0.15, 0.2) is 94.1 Å². The molecule has 0 aromatic carbocycles. The highest BCUT2D eigenvalue weighted by atomic mass is 79.9. The number of aromatic nitrogens is 12. The van der Waals surface area contributed by atoms with Gasteiger partial charge < -0.3 is 28.8 Å². The number of rotatable bonds is 18. The largest absolute Gasteiger partial charge is 0.491 e. The van der Waals surface area contributed by atoms with Crippen molar-refractivity contribution < 1.29 is 52.0 Å². The third-order valence-corrected chi connectivity index (χ3v) is 8.76. The molecule has 396 valence electrons. The number of aliphatic hydroxyl groups is 1. The zero-order valence-electron chi connectivity index (χ0n) is 41.4. The Hall–Kier alpha value is -7.41. The minimum absolute atomic E-state index is 0.0542. The Morgan fingerprint density at radius 1 is 0.473 bits per heavy atom. The van der Waals surface area contributed by atoms with Gasteiger partial charge in [0.15, 0.2) is 46.4 Å². The summed E-state index contributed by atoms with van der Waals surface area (Å²) < 4.78 is 48.8. The van der Waals surface area contributed by atoms with Gasteiger partial charge in [-0.3, -0.25) is 14.4 Å². The second-order valence-corrected chi connectivity index (χ2v) is 14.9. The minimum atomic E-state index is -0.599. The zero-order valence-corrected chi connectivity index (χ0v) is 44.5. The third kappa shape index (κ3) is 28.6. The molecule has 0 bridgehead atoms. The van der Waals surface area contributed by atoms with Crippen LogP contribution in [0.25, 0.3) is 17.3 Å². The predicted molar refractivity (Wildman–Crippen MR) is 273 cm³/mol. The summed E-state index contributed by atoms with van der Waals surface area (Å²) in [6.07, 6.45) is 18.1. The first-order valence-corrected chi connectivity index (χ1v) is 23.5. The van der Waals surface area contributed by atoms with Gasteiger partial charge >= 0.3 is 11.9 Å². The van der Waals surface area contributed by atoms with Crippen LogP contribution in [0, 0.1) is 0 Å². The first-order chi connectivity index (χ1) is 35.4. The molecule has 0 radical (unpaired) electrons. The summed E-state index contributed by atoms with van der Waals surface area (Å²) in [4.78, 5) is 77.7. The lowest BCUT2D eigenvalue weighted by atomic mass is 10.3. The summed E-state index contributed by atoms with van der Waals surface area (Å²) >= 11 is 14.1. The lowest BCUT2D eigenvalue weighted by Gasteiger charge is -2.05. The SMILES string of the molecule is C=C(OCC)c1ncc(CF)cn1.C=C(OCC)c1ncc(CO)cn1.C=C(OCC)c1ncc(COC(C)=O)cn1.CC(=O)OCc1cnc(Cl)nc1.CC(=O)c1ncc(CF)cn1.Clc1ncc(CBr)cn1. The van der Waals surface area contributed by atoms with Crippen LogP contribution in [0.5, 0.6) is 0 Å². The fraction of sp³-hybridized carbons (Fsp3) is 0.312. The second kappa shape index (κ2) is 38.2. The number of nitrogens with zero attached hydrogens (tertiary/aromatic N) is 12. The number of alkyl halides is 3. The second-order valence-electron chi connectivity index (χ2n) is 13.6. The minimum Gasteiger partial charge on any atom is -0.491 e. The molecule has 0 unspecified atom stereocenters. The van der Waals surface area contributed by atoms with Gasteiger partial charge in [0.05, 0.1) is 26.4 Å². The van der Waals surface area contributed by atoms with Crippen molar-refractivity contribution in [2.24, 2.45) is 0 Å². The molecule has 6 aromatic rings. The summed E-state index contributed by atoms with van der Waals surface area (Å²) in [5.74, 6) is 1.85. The van der Waals surface area contributed by atoms with Crippen LogP contribution >= 0.6 is 39.1 Å². The smallest absolute Gasteiger partial charge is 0.302 e. The van der Waals surface area contributed by atoms with Crippen molar-refractivity contribution in [3.05, 3.63) is 161 Å². The highest BCUT2D eigenvalue weighted by molar-refractivity contribution is 9.08. The third-order valence-electron chi connectivity index (χ3n) is 7.72. The Morgan fingerprint density at radius 2 is 0.743 bits per heavy atom. The van der Waals surface area contributed by atoms with E-state index in [4.69, 9.17) is 52.0 Å². The molecule has 0 aliphatic carbocycles. The average Bonchev–Trinajstić information content (AvgIpc) is 3.41. The molecule has 0 amide bonds. The molecule has 0 saturated carbocycles. The molecule has 74 heavy (non-hydrogen) atoms. The van der Waals surface area contributed by atoms with E-state index in [1.165, 1.54) is 58.0 Å². The van der Waals surface area contributed by atoms with Gasteiger partial charge in [0.1, 0.15) is 26.6 Å². The molecule has 0 atom stereocenters. The first kappa shape index (κ1) is 64.6. The summed E-state index contributed by atoms with van der Waals surface area (Å²) in [5.41, 5.74) is 3.98. The van der Waals surface area contributed by atoms with E-state index < -0.39 is 13.3 Å². The number of aliphatic hydroxyl groups excluding tert-OH is 1. The zero-order chi connectivity index (χ0) is 55.3. The van der Waals surface area contributed by atoms with E-state index in [2.05, 4.69) is 95.5 Å². The summed E-state index contributed by atoms with van der Waals surface area (Å²) in [6, 6.07) is 0. The van der Waals surface area contributed by atoms with Crippen molar-refractivity contribution >= 4 is 74.1 Å². The highest BCUT2D eigenvalue weighted by Crippen LogP contribution is 2.11. The Kier molecular flexibility index (Phi) is 33.4. The topological polar surface area (TPSA) is 272 Å². The molecular weight excluding hydrogens is 1080 g/mol. The molecule has 6 heterocycles. The Balaban J connectivity index is 0.000000447. The van der Waals surface area contributed by atoms with E-state index in [1.54, 1.807) is 37.2 Å². The number of ketones is 1. The fourth-order valence-electron chi connectivity index (χ4n) is 4.23. The molecule has 6 rings (SSSR count). The number of hydrogen-bond acceptors (Lipinski definition) is 21. The van der Waals surface area contributed by atoms with E-state index in [0.717, 1.165) is 22.0 Å². The maximum absolute atomic E-state index is 12.1. The van der Waals surface area contributed by atoms with Gasteiger partial charge in [-0.25, -0.2) is 68.6 Å². The van der Waals surface area contributed by atoms with Gasteiger partial charge in [0, 0.05) is 128 Å². The van der Waals surface area contributed by atoms with Gasteiger partial charge in [-0.1, -0.05) is 35.7 Å². The molecule has 26 heteroatoms. The number of Topliss-reactive ketones (excluding diaryl/α,β-unsaturated/α-hetero) is 1. The van der Waals surface area contributed by atoms with Crippen LogP contribution in [0.4, 0.5) is 8.78 Å². The molecule has 1 N–H and O–H groups in total. The fourth-order valence-corrected chi connectivity index (χ4v) is 4.72. The Morgan fingerprint density at radius 3 is 1.00 bits per heavy atom. The van der Waals surface area contributed by atoms with E-state index in [0.29, 0.717) is 76.5 Å². The van der Waals surface area contributed by atoms with E-state index >= 15 is 0 Å². The lowest BCUT2D eigenvalue weighted by Crippen LogP contribution is -2.02. The number of carbonyl (C=O) groups is 3. The normalized spacial score (nSPS) is 9.62. The Bertz CT molecular complexity index is 2540. The number of esters is 2. The standard InChI is InChI=1S/C11H14N2O3.C9H11FN2O.C9H12N2O2.C7H7ClN2O2.C7H7FN2O.C5H4BrClN2/c1-4-15-8(2)11-12-5-10(6-13-11)7-16-9(3)14;1-3-13-7(2)9-11-5-8(4-10)6-12-9;1-3-13-7(2)9-10-4-8(6-12)5-11-9;1-5(11)12-4-6-2-9-7(8)10-3-6;1-5(11)7-9-3-6(2-8)4-10-7;6-1-4-2-8-5(7)9-3-4/h5-6H,2,4,7H2,1,3H3;5-6H,2-4H2,1H3;4-5,12H,2-3,6H2,1H3;2-3H,4H2,1H3;3-4H,2H2,1H3;2-3H,1H2. The summed E-state index contributed by atoms with van der Waals surface area (Å²) in [5, 5.41) is 9.98.